The Balaban J connectivity index is 1.60. The van der Waals surface area contributed by atoms with Crippen molar-refractivity contribution >= 4 is 22.2 Å². The number of carbonyl (C=O) groups excluding carboxylic acids is 1. The summed E-state index contributed by atoms with van der Waals surface area (Å²) in [6.45, 7) is 0.659. The maximum Gasteiger partial charge on any atom is 0.256 e. The SMILES string of the molecule is COc1ccc(CN2c3sc4c(c3C(=O)N[C@H]2c2ccccc2)CCCC4)cc1OC. The number of methoxy groups -OCH3 is 2. The van der Waals surface area contributed by atoms with Crippen LogP contribution in [0.5, 0.6) is 11.5 Å². The van der Waals surface area contributed by atoms with Gasteiger partial charge in [-0.15, -0.1) is 11.3 Å². The Bertz CT molecular complexity index is 1110. The molecule has 2 aromatic carbocycles. The summed E-state index contributed by atoms with van der Waals surface area (Å²) >= 11 is 1.79. The van der Waals surface area contributed by atoms with Gasteiger partial charge < -0.3 is 19.7 Å². The summed E-state index contributed by atoms with van der Waals surface area (Å²) in [5.41, 5.74) is 4.32. The molecule has 1 N–H and O–H groups in total. The maximum atomic E-state index is 13.2. The Hall–Kier alpha value is -2.99. The minimum Gasteiger partial charge on any atom is -0.493 e. The highest BCUT2D eigenvalue weighted by molar-refractivity contribution is 7.16. The van der Waals surface area contributed by atoms with E-state index in [1.165, 1.54) is 16.9 Å². The zero-order valence-corrected chi connectivity index (χ0v) is 18.6. The van der Waals surface area contributed by atoms with Crippen LogP contribution in [0, 0.1) is 0 Å². The van der Waals surface area contributed by atoms with E-state index in [4.69, 9.17) is 9.47 Å². The van der Waals surface area contributed by atoms with E-state index < -0.39 is 0 Å². The lowest BCUT2D eigenvalue weighted by atomic mass is 9.94. The van der Waals surface area contributed by atoms with Gasteiger partial charge in [-0.3, -0.25) is 4.79 Å². The zero-order chi connectivity index (χ0) is 21.4. The molecule has 160 valence electrons. The average Bonchev–Trinajstić information content (AvgIpc) is 3.21. The number of rotatable bonds is 5. The molecule has 3 aromatic rings. The van der Waals surface area contributed by atoms with E-state index in [-0.39, 0.29) is 12.1 Å². The predicted octanol–water partition coefficient (Wildman–Crippen LogP) is 5.09. The van der Waals surface area contributed by atoms with Gasteiger partial charge in [-0.1, -0.05) is 36.4 Å². The highest BCUT2D eigenvalue weighted by Crippen LogP contribution is 2.45. The number of hydrogen-bond acceptors (Lipinski definition) is 5. The van der Waals surface area contributed by atoms with Crippen LogP contribution < -0.4 is 19.7 Å². The summed E-state index contributed by atoms with van der Waals surface area (Å²) in [7, 11) is 3.30. The topological polar surface area (TPSA) is 50.8 Å². The van der Waals surface area contributed by atoms with Crippen LogP contribution >= 0.6 is 11.3 Å². The number of thiophene rings is 1. The van der Waals surface area contributed by atoms with Crippen LogP contribution in [-0.4, -0.2) is 20.1 Å². The molecule has 0 saturated carbocycles. The first kappa shape index (κ1) is 19.9. The monoisotopic (exact) mass is 434 g/mol. The van der Waals surface area contributed by atoms with E-state index in [1.807, 2.05) is 30.3 Å². The van der Waals surface area contributed by atoms with Crippen molar-refractivity contribution in [2.24, 2.45) is 0 Å². The molecule has 1 amide bonds. The molecule has 0 radical (unpaired) electrons. The first-order chi connectivity index (χ1) is 15.2. The third-order valence-electron chi connectivity index (χ3n) is 6.14. The second kappa shape index (κ2) is 8.27. The van der Waals surface area contributed by atoms with E-state index in [2.05, 4.69) is 28.4 Å². The lowest BCUT2D eigenvalue weighted by molar-refractivity contribution is 0.0925. The summed E-state index contributed by atoms with van der Waals surface area (Å²) in [6, 6.07) is 16.2. The minimum absolute atomic E-state index is 0.0480. The van der Waals surface area contributed by atoms with Gasteiger partial charge >= 0.3 is 0 Å². The standard InChI is InChI=1S/C25H26N2O3S/c1-29-19-13-12-16(14-20(19)30-2)15-27-23(17-8-4-3-5-9-17)26-24(28)22-18-10-6-7-11-21(18)31-25(22)27/h3-5,8-9,12-14,23H,6-7,10-11,15H2,1-2H3,(H,26,28)/t23-/m1/s1. The number of amides is 1. The van der Waals surface area contributed by atoms with Crippen molar-refractivity contribution in [2.45, 2.75) is 38.4 Å². The number of aryl methyl sites for hydroxylation is 1. The van der Waals surface area contributed by atoms with E-state index in [9.17, 15) is 4.79 Å². The Morgan fingerprint density at radius 1 is 1.03 bits per heavy atom. The first-order valence-corrected chi connectivity index (χ1v) is 11.5. The quantitative estimate of drug-likeness (QED) is 0.608. The number of nitrogens with one attached hydrogen (secondary N) is 1. The predicted molar refractivity (Wildman–Crippen MR) is 123 cm³/mol. The van der Waals surface area contributed by atoms with Crippen LogP contribution in [0.4, 0.5) is 5.00 Å². The van der Waals surface area contributed by atoms with Crippen molar-refractivity contribution in [1.82, 2.24) is 5.32 Å². The van der Waals surface area contributed by atoms with E-state index >= 15 is 0 Å². The van der Waals surface area contributed by atoms with Gasteiger partial charge in [0, 0.05) is 11.4 Å². The second-order valence-corrected chi connectivity index (χ2v) is 9.08. The molecule has 0 spiro atoms. The van der Waals surface area contributed by atoms with Crippen molar-refractivity contribution in [2.75, 3.05) is 19.1 Å². The van der Waals surface area contributed by atoms with Crippen LogP contribution in [0.1, 0.15) is 50.9 Å². The number of carbonyl (C=O) groups is 1. The number of fused-ring (bicyclic) bond motifs is 3. The van der Waals surface area contributed by atoms with Crippen molar-refractivity contribution < 1.29 is 14.3 Å². The van der Waals surface area contributed by atoms with Gasteiger partial charge in [0.25, 0.3) is 5.91 Å². The molecular weight excluding hydrogens is 408 g/mol. The highest BCUT2D eigenvalue weighted by Gasteiger charge is 2.37. The van der Waals surface area contributed by atoms with Crippen molar-refractivity contribution in [3.8, 4) is 11.5 Å². The summed E-state index contributed by atoms with van der Waals surface area (Å²) in [4.78, 5) is 16.9. The van der Waals surface area contributed by atoms with Gasteiger partial charge in [-0.25, -0.2) is 0 Å². The summed E-state index contributed by atoms with van der Waals surface area (Å²) in [5.74, 6) is 1.47. The molecule has 2 heterocycles. The molecule has 5 nitrogen and oxygen atoms in total. The Kier molecular flexibility index (Phi) is 5.32. The van der Waals surface area contributed by atoms with E-state index in [0.717, 1.165) is 41.0 Å². The summed E-state index contributed by atoms with van der Waals surface area (Å²) in [5, 5.41) is 4.37. The van der Waals surface area contributed by atoms with Crippen LogP contribution in [-0.2, 0) is 19.4 Å². The van der Waals surface area contributed by atoms with Crippen LogP contribution in [0.3, 0.4) is 0 Å². The highest BCUT2D eigenvalue weighted by atomic mass is 32.1. The van der Waals surface area contributed by atoms with Gasteiger partial charge in [-0.05, 0) is 54.5 Å². The smallest absolute Gasteiger partial charge is 0.256 e. The lowest BCUT2D eigenvalue weighted by Gasteiger charge is -2.38. The Labute approximate surface area is 186 Å². The Morgan fingerprint density at radius 2 is 1.81 bits per heavy atom. The molecule has 0 fully saturated rings. The summed E-state index contributed by atoms with van der Waals surface area (Å²) in [6.07, 6.45) is 4.21. The first-order valence-electron chi connectivity index (χ1n) is 10.7. The van der Waals surface area contributed by atoms with Gasteiger partial charge in [0.05, 0.1) is 19.8 Å². The largest absolute Gasteiger partial charge is 0.493 e. The third kappa shape index (κ3) is 3.55. The minimum atomic E-state index is -0.214. The number of hydrogen-bond donors (Lipinski definition) is 1. The zero-order valence-electron chi connectivity index (χ0n) is 17.8. The molecule has 31 heavy (non-hydrogen) atoms. The van der Waals surface area contributed by atoms with Crippen molar-refractivity contribution in [3.05, 3.63) is 75.7 Å². The lowest BCUT2D eigenvalue weighted by Crippen LogP contribution is -2.45. The van der Waals surface area contributed by atoms with Crippen LogP contribution in [0.2, 0.25) is 0 Å². The third-order valence-corrected chi connectivity index (χ3v) is 7.47. The Morgan fingerprint density at radius 3 is 2.58 bits per heavy atom. The van der Waals surface area contributed by atoms with Crippen LogP contribution in [0.25, 0.3) is 0 Å². The van der Waals surface area contributed by atoms with Crippen LogP contribution in [0.15, 0.2) is 48.5 Å². The molecule has 5 rings (SSSR count). The fourth-order valence-electron chi connectivity index (χ4n) is 4.62. The second-order valence-electron chi connectivity index (χ2n) is 7.99. The van der Waals surface area contributed by atoms with Crippen molar-refractivity contribution in [1.29, 1.82) is 0 Å². The van der Waals surface area contributed by atoms with Gasteiger partial charge in [0.15, 0.2) is 11.5 Å². The van der Waals surface area contributed by atoms with Gasteiger partial charge in [0.1, 0.15) is 11.2 Å². The van der Waals surface area contributed by atoms with E-state index in [0.29, 0.717) is 18.0 Å². The number of anilines is 1. The molecule has 6 heteroatoms. The van der Waals surface area contributed by atoms with Gasteiger partial charge in [0.2, 0.25) is 0 Å². The molecular formula is C25H26N2O3S. The maximum absolute atomic E-state index is 13.2. The molecule has 2 aliphatic rings. The van der Waals surface area contributed by atoms with Gasteiger partial charge in [-0.2, -0.15) is 0 Å². The number of nitrogens with zero attached hydrogens (tertiary/aromatic N) is 1. The van der Waals surface area contributed by atoms with E-state index in [1.54, 1.807) is 25.6 Å². The number of benzene rings is 2. The molecule has 0 saturated heterocycles. The molecule has 1 aliphatic carbocycles. The molecule has 1 atom stereocenters. The fraction of sp³-hybridized carbons (Fsp3) is 0.320. The normalized spacial score (nSPS) is 17.5. The molecule has 1 aliphatic heterocycles. The summed E-state index contributed by atoms with van der Waals surface area (Å²) < 4.78 is 10.9. The molecule has 1 aromatic heterocycles. The molecule has 0 unspecified atom stereocenters. The molecule has 0 bridgehead atoms. The average molecular weight is 435 g/mol. The fourth-order valence-corrected chi connectivity index (χ4v) is 6.03. The van der Waals surface area contributed by atoms with Crippen molar-refractivity contribution in [3.63, 3.8) is 0 Å². The number of ether oxygens (including phenoxy) is 2.